The molecule has 0 saturated heterocycles. The first-order valence-electron chi connectivity index (χ1n) is 5.92. The van der Waals surface area contributed by atoms with E-state index in [1.807, 2.05) is 6.92 Å². The van der Waals surface area contributed by atoms with Crippen molar-refractivity contribution >= 4 is 0 Å². The van der Waals surface area contributed by atoms with Crippen LogP contribution in [0.4, 0.5) is 0 Å². The van der Waals surface area contributed by atoms with Gasteiger partial charge in [-0.1, -0.05) is 26.0 Å². The van der Waals surface area contributed by atoms with Gasteiger partial charge < -0.3 is 9.84 Å². The maximum atomic E-state index is 9.16. The summed E-state index contributed by atoms with van der Waals surface area (Å²) in [6.45, 7) is 8.73. The highest BCUT2D eigenvalue weighted by Gasteiger charge is 2.05. The Bertz CT molecular complexity index is 330. The fraction of sp³-hybridized carbons (Fsp3) is 0.571. The van der Waals surface area contributed by atoms with E-state index < -0.39 is 0 Å². The average Bonchev–Trinajstić information content (AvgIpc) is 2.20. The first-order valence-corrected chi connectivity index (χ1v) is 5.92. The molecular weight excluding hydrogens is 200 g/mol. The number of rotatable bonds is 5. The van der Waals surface area contributed by atoms with Crippen LogP contribution < -0.4 is 4.74 Å². The molecule has 1 aromatic rings. The first-order chi connectivity index (χ1) is 7.50. The summed E-state index contributed by atoms with van der Waals surface area (Å²) in [5.74, 6) is 1.45. The molecule has 0 bridgehead atoms. The van der Waals surface area contributed by atoms with Gasteiger partial charge in [0.15, 0.2) is 0 Å². The molecule has 0 fully saturated rings. The Labute approximate surface area is 98.3 Å². The van der Waals surface area contributed by atoms with Crippen LogP contribution in [0.15, 0.2) is 18.2 Å². The van der Waals surface area contributed by atoms with Gasteiger partial charge in [-0.2, -0.15) is 0 Å². The molecule has 1 atom stereocenters. The van der Waals surface area contributed by atoms with E-state index in [0.29, 0.717) is 18.9 Å². The molecule has 2 nitrogen and oxygen atoms in total. The quantitative estimate of drug-likeness (QED) is 0.828. The molecule has 1 unspecified atom stereocenters. The zero-order valence-corrected chi connectivity index (χ0v) is 10.7. The van der Waals surface area contributed by atoms with Crippen LogP contribution in [-0.2, 0) is 0 Å². The molecule has 0 radical (unpaired) electrons. The smallest absolute Gasteiger partial charge is 0.122 e. The molecule has 16 heavy (non-hydrogen) atoms. The normalized spacial score (nSPS) is 12.9. The summed E-state index contributed by atoms with van der Waals surface area (Å²) in [5, 5.41) is 9.16. The Morgan fingerprint density at radius 2 is 1.94 bits per heavy atom. The van der Waals surface area contributed by atoms with Crippen molar-refractivity contribution in [3.8, 4) is 5.75 Å². The van der Waals surface area contributed by atoms with Gasteiger partial charge in [0.25, 0.3) is 0 Å². The van der Waals surface area contributed by atoms with Crippen LogP contribution in [0.25, 0.3) is 0 Å². The highest BCUT2D eigenvalue weighted by Crippen LogP contribution is 2.24. The predicted octanol–water partition coefficient (Wildman–Crippen LogP) is 3.27. The van der Waals surface area contributed by atoms with Crippen molar-refractivity contribution in [3.63, 3.8) is 0 Å². The van der Waals surface area contributed by atoms with Crippen molar-refractivity contribution < 1.29 is 9.84 Å². The minimum atomic E-state index is -0.298. The molecule has 0 amide bonds. The third-order valence-electron chi connectivity index (χ3n) is 2.67. The topological polar surface area (TPSA) is 29.5 Å². The summed E-state index contributed by atoms with van der Waals surface area (Å²) in [7, 11) is 0. The summed E-state index contributed by atoms with van der Waals surface area (Å²) in [4.78, 5) is 0. The van der Waals surface area contributed by atoms with Crippen LogP contribution >= 0.6 is 0 Å². The zero-order valence-electron chi connectivity index (χ0n) is 10.7. The second-order valence-electron chi connectivity index (χ2n) is 4.67. The number of hydrogen-bond donors (Lipinski definition) is 1. The monoisotopic (exact) mass is 222 g/mol. The molecule has 0 saturated carbocycles. The molecule has 0 aliphatic rings. The highest BCUT2D eigenvalue weighted by molar-refractivity contribution is 5.37. The Morgan fingerprint density at radius 3 is 2.50 bits per heavy atom. The lowest BCUT2D eigenvalue weighted by Crippen LogP contribution is -2.08. The lowest BCUT2D eigenvalue weighted by Gasteiger charge is -2.13. The third kappa shape index (κ3) is 3.86. The number of ether oxygens (including phenoxy) is 1. The Balaban J connectivity index is 2.67. The van der Waals surface area contributed by atoms with Gasteiger partial charge in [0.1, 0.15) is 5.75 Å². The molecule has 0 aliphatic heterocycles. The molecular formula is C14H22O2. The molecule has 2 heteroatoms. The lowest BCUT2D eigenvalue weighted by molar-refractivity contribution is 0.155. The summed E-state index contributed by atoms with van der Waals surface area (Å²) >= 11 is 0. The van der Waals surface area contributed by atoms with E-state index in [1.165, 1.54) is 5.56 Å². The van der Waals surface area contributed by atoms with Crippen molar-refractivity contribution in [3.05, 3.63) is 29.3 Å². The van der Waals surface area contributed by atoms with E-state index in [4.69, 9.17) is 9.84 Å². The van der Waals surface area contributed by atoms with E-state index in [9.17, 15) is 0 Å². The van der Waals surface area contributed by atoms with Crippen LogP contribution in [0, 0.1) is 6.92 Å². The second-order valence-corrected chi connectivity index (χ2v) is 4.67. The van der Waals surface area contributed by atoms with E-state index in [2.05, 4.69) is 32.0 Å². The maximum absolute atomic E-state index is 9.16. The fourth-order valence-corrected chi connectivity index (χ4v) is 1.47. The van der Waals surface area contributed by atoms with Crippen LogP contribution in [0.5, 0.6) is 5.75 Å². The Hall–Kier alpha value is -1.02. The summed E-state index contributed by atoms with van der Waals surface area (Å²) in [6.07, 6.45) is 0.374. The van der Waals surface area contributed by atoms with Gasteiger partial charge >= 0.3 is 0 Å². The largest absolute Gasteiger partial charge is 0.493 e. The van der Waals surface area contributed by atoms with Crippen molar-refractivity contribution in [2.45, 2.75) is 46.1 Å². The molecule has 0 spiro atoms. The predicted molar refractivity (Wildman–Crippen MR) is 67.1 cm³/mol. The number of hydrogen-bond acceptors (Lipinski definition) is 2. The third-order valence-corrected chi connectivity index (χ3v) is 2.67. The van der Waals surface area contributed by atoms with Crippen molar-refractivity contribution in [1.29, 1.82) is 0 Å². The van der Waals surface area contributed by atoms with Crippen molar-refractivity contribution in [1.82, 2.24) is 0 Å². The second kappa shape index (κ2) is 5.90. The molecule has 0 heterocycles. The number of aliphatic hydroxyl groups excluding tert-OH is 1. The van der Waals surface area contributed by atoms with E-state index >= 15 is 0 Å². The molecule has 0 aliphatic carbocycles. The zero-order chi connectivity index (χ0) is 12.1. The van der Waals surface area contributed by atoms with Gasteiger partial charge in [0.05, 0.1) is 12.7 Å². The lowest BCUT2D eigenvalue weighted by atomic mass is 10.0. The average molecular weight is 222 g/mol. The van der Waals surface area contributed by atoms with Crippen molar-refractivity contribution in [2.24, 2.45) is 0 Å². The van der Waals surface area contributed by atoms with Gasteiger partial charge in [-0.15, -0.1) is 0 Å². The van der Waals surface area contributed by atoms with E-state index in [0.717, 1.165) is 11.3 Å². The van der Waals surface area contributed by atoms with Gasteiger partial charge in [-0.3, -0.25) is 0 Å². The summed E-state index contributed by atoms with van der Waals surface area (Å²) in [5.41, 5.74) is 2.44. The first kappa shape index (κ1) is 13.0. The van der Waals surface area contributed by atoms with Crippen LogP contribution in [0.2, 0.25) is 0 Å². The van der Waals surface area contributed by atoms with Gasteiger partial charge in [-0.25, -0.2) is 0 Å². The van der Waals surface area contributed by atoms with Gasteiger partial charge in [0, 0.05) is 6.42 Å². The molecule has 1 rings (SSSR count). The molecule has 1 aromatic carbocycles. The fourth-order valence-electron chi connectivity index (χ4n) is 1.47. The Kier molecular flexibility index (Phi) is 4.81. The number of aryl methyl sites for hydroxylation is 1. The number of aliphatic hydroxyl groups is 1. The van der Waals surface area contributed by atoms with Crippen LogP contribution in [0.1, 0.15) is 44.2 Å². The van der Waals surface area contributed by atoms with E-state index in [1.54, 1.807) is 6.92 Å². The molecule has 90 valence electrons. The summed E-state index contributed by atoms with van der Waals surface area (Å²) in [6, 6.07) is 6.33. The maximum Gasteiger partial charge on any atom is 0.122 e. The SMILES string of the molecule is Cc1ccc(C(C)C)cc1OCCC(C)O. The standard InChI is InChI=1S/C14H22O2/c1-10(2)13-6-5-11(3)14(9-13)16-8-7-12(4)15/h5-6,9-10,12,15H,7-8H2,1-4H3. The van der Waals surface area contributed by atoms with Crippen molar-refractivity contribution in [2.75, 3.05) is 6.61 Å². The highest BCUT2D eigenvalue weighted by atomic mass is 16.5. The van der Waals surface area contributed by atoms with Gasteiger partial charge in [0.2, 0.25) is 0 Å². The molecule has 1 N–H and O–H groups in total. The number of benzene rings is 1. The summed E-state index contributed by atoms with van der Waals surface area (Å²) < 4.78 is 5.68. The minimum absolute atomic E-state index is 0.298. The molecule has 0 aromatic heterocycles. The minimum Gasteiger partial charge on any atom is -0.493 e. The van der Waals surface area contributed by atoms with Crippen LogP contribution in [-0.4, -0.2) is 17.8 Å². The van der Waals surface area contributed by atoms with Gasteiger partial charge in [-0.05, 0) is 37.0 Å². The van der Waals surface area contributed by atoms with Crippen LogP contribution in [0.3, 0.4) is 0 Å². The Morgan fingerprint density at radius 1 is 1.25 bits per heavy atom. The van der Waals surface area contributed by atoms with E-state index in [-0.39, 0.29) is 6.10 Å².